The van der Waals surface area contributed by atoms with Crippen molar-refractivity contribution in [2.45, 2.75) is 32.2 Å². The second kappa shape index (κ2) is 7.00. The Labute approximate surface area is 112 Å². The average Bonchev–Trinajstić information content (AvgIpc) is 2.37. The number of rotatable bonds is 5. The van der Waals surface area contributed by atoms with Crippen LogP contribution >= 0.6 is 0 Å². The number of carboxylic acids is 1. The third-order valence-corrected chi connectivity index (χ3v) is 3.29. The molecule has 0 bridgehead atoms. The molecule has 0 aromatic heterocycles. The molecule has 1 rings (SSSR count). The van der Waals surface area contributed by atoms with Gasteiger partial charge in [-0.1, -0.05) is 0 Å². The van der Waals surface area contributed by atoms with Crippen LogP contribution < -0.4 is 10.6 Å². The van der Waals surface area contributed by atoms with Gasteiger partial charge in [0.25, 0.3) is 0 Å². The zero-order valence-electron chi connectivity index (χ0n) is 11.1. The number of hydrogen-bond donors (Lipinski definition) is 3. The molecule has 1 atom stereocenters. The third-order valence-electron chi connectivity index (χ3n) is 3.29. The molecular formula is C13H20N2O4. The summed E-state index contributed by atoms with van der Waals surface area (Å²) in [6.45, 7) is 2.70. The van der Waals surface area contributed by atoms with Gasteiger partial charge in [0, 0.05) is 32.2 Å². The molecule has 3 N–H and O–H groups in total. The van der Waals surface area contributed by atoms with Crippen LogP contribution in [0.4, 0.5) is 4.79 Å². The first-order valence-corrected chi connectivity index (χ1v) is 6.29. The molecule has 0 aromatic carbocycles. The van der Waals surface area contributed by atoms with Gasteiger partial charge >= 0.3 is 12.0 Å². The zero-order chi connectivity index (χ0) is 14.3. The van der Waals surface area contributed by atoms with Gasteiger partial charge in [-0.25, -0.2) is 4.79 Å². The zero-order valence-corrected chi connectivity index (χ0v) is 11.1. The van der Waals surface area contributed by atoms with E-state index in [4.69, 9.17) is 11.2 Å². The molecule has 6 heteroatoms. The summed E-state index contributed by atoms with van der Waals surface area (Å²) in [6.07, 6.45) is 6.39. The van der Waals surface area contributed by atoms with Crippen molar-refractivity contribution in [2.24, 2.45) is 5.41 Å². The minimum atomic E-state index is -0.926. The van der Waals surface area contributed by atoms with Gasteiger partial charge in [0.2, 0.25) is 0 Å². The summed E-state index contributed by atoms with van der Waals surface area (Å²) in [7, 11) is 0. The predicted molar refractivity (Wildman–Crippen MR) is 69.6 cm³/mol. The summed E-state index contributed by atoms with van der Waals surface area (Å²) in [5, 5.41) is 14.6. The number of ether oxygens (including phenoxy) is 1. The van der Waals surface area contributed by atoms with Crippen molar-refractivity contribution in [1.29, 1.82) is 0 Å². The first kappa shape index (κ1) is 15.3. The molecule has 0 aliphatic carbocycles. The first-order valence-electron chi connectivity index (χ1n) is 6.29. The van der Waals surface area contributed by atoms with Crippen molar-refractivity contribution >= 4 is 12.0 Å². The van der Waals surface area contributed by atoms with Crippen molar-refractivity contribution in [3.05, 3.63) is 0 Å². The third kappa shape index (κ3) is 4.45. The lowest BCUT2D eigenvalue weighted by Crippen LogP contribution is -2.50. The molecular weight excluding hydrogens is 248 g/mol. The van der Waals surface area contributed by atoms with E-state index in [2.05, 4.69) is 16.6 Å². The van der Waals surface area contributed by atoms with E-state index in [0.29, 0.717) is 32.5 Å². The van der Waals surface area contributed by atoms with Crippen molar-refractivity contribution in [2.75, 3.05) is 19.8 Å². The molecule has 1 unspecified atom stereocenters. The molecule has 1 aliphatic heterocycles. The van der Waals surface area contributed by atoms with Gasteiger partial charge < -0.3 is 20.5 Å². The first-order chi connectivity index (χ1) is 9.00. The Morgan fingerprint density at radius 1 is 1.47 bits per heavy atom. The van der Waals surface area contributed by atoms with Crippen LogP contribution in [-0.4, -0.2) is 42.9 Å². The molecule has 106 valence electrons. The Hall–Kier alpha value is -1.74. The van der Waals surface area contributed by atoms with Crippen LogP contribution in [0, 0.1) is 17.8 Å². The molecule has 19 heavy (non-hydrogen) atoms. The highest BCUT2D eigenvalue weighted by Gasteiger charge is 2.40. The van der Waals surface area contributed by atoms with E-state index in [1.165, 1.54) is 0 Å². The van der Waals surface area contributed by atoms with E-state index >= 15 is 0 Å². The lowest BCUT2D eigenvalue weighted by Gasteiger charge is -2.33. The minimum Gasteiger partial charge on any atom is -0.481 e. The molecule has 1 aliphatic rings. The number of terminal acetylenes is 1. The van der Waals surface area contributed by atoms with Crippen LogP contribution in [0.25, 0.3) is 0 Å². The average molecular weight is 268 g/mol. The van der Waals surface area contributed by atoms with Crippen molar-refractivity contribution in [3.8, 4) is 12.3 Å². The number of carbonyl (C=O) groups excluding carboxylic acids is 1. The Morgan fingerprint density at radius 3 is 2.63 bits per heavy atom. The van der Waals surface area contributed by atoms with Gasteiger partial charge in [-0.3, -0.25) is 4.79 Å². The van der Waals surface area contributed by atoms with Crippen molar-refractivity contribution in [1.82, 2.24) is 10.6 Å². The standard InChI is InChI=1S/C13H20N2O4/c1-3-4-10(2)15-12(18)14-9-13(11(16)17)5-7-19-8-6-13/h1,10H,4-9H2,2H3,(H,16,17)(H2,14,15,18). The second-order valence-corrected chi connectivity index (χ2v) is 4.83. The number of hydrogen-bond acceptors (Lipinski definition) is 3. The second-order valence-electron chi connectivity index (χ2n) is 4.83. The molecule has 0 saturated carbocycles. The lowest BCUT2D eigenvalue weighted by atomic mass is 9.80. The van der Waals surface area contributed by atoms with Crippen LogP contribution in [0.1, 0.15) is 26.2 Å². The molecule has 0 radical (unpaired) electrons. The van der Waals surface area contributed by atoms with Gasteiger partial charge in [0.05, 0.1) is 5.41 Å². The summed E-state index contributed by atoms with van der Waals surface area (Å²) in [5.41, 5.74) is -0.926. The SMILES string of the molecule is C#CCC(C)NC(=O)NCC1(C(=O)O)CCOCC1. The summed E-state index contributed by atoms with van der Waals surface area (Å²) in [4.78, 5) is 23.0. The molecule has 2 amide bonds. The van der Waals surface area contributed by atoms with Crippen molar-refractivity contribution in [3.63, 3.8) is 0 Å². The van der Waals surface area contributed by atoms with Gasteiger partial charge in [0.15, 0.2) is 0 Å². The minimum absolute atomic E-state index is 0.0975. The number of carbonyl (C=O) groups is 2. The van der Waals surface area contributed by atoms with Gasteiger partial charge in [-0.05, 0) is 19.8 Å². The number of carboxylic acid groups (broad SMARTS) is 1. The predicted octanol–water partition coefficient (Wildman–Crippen LogP) is 0.579. The molecule has 1 saturated heterocycles. The largest absolute Gasteiger partial charge is 0.481 e. The molecule has 1 heterocycles. The van der Waals surface area contributed by atoms with Crippen LogP contribution in [0.5, 0.6) is 0 Å². The van der Waals surface area contributed by atoms with E-state index in [1.807, 2.05) is 0 Å². The number of urea groups is 1. The maximum Gasteiger partial charge on any atom is 0.315 e. The maximum atomic E-state index is 11.6. The summed E-state index contributed by atoms with van der Waals surface area (Å²) >= 11 is 0. The summed E-state index contributed by atoms with van der Waals surface area (Å²) in [5.74, 6) is 1.56. The van der Waals surface area contributed by atoms with Crippen molar-refractivity contribution < 1.29 is 19.4 Å². The van der Waals surface area contributed by atoms with Crippen LogP contribution in [-0.2, 0) is 9.53 Å². The van der Waals surface area contributed by atoms with E-state index in [1.54, 1.807) is 6.92 Å². The fourth-order valence-electron chi connectivity index (χ4n) is 1.98. The Balaban J connectivity index is 2.46. The quantitative estimate of drug-likeness (QED) is 0.636. The van der Waals surface area contributed by atoms with Crippen LogP contribution in [0.2, 0.25) is 0 Å². The van der Waals surface area contributed by atoms with Gasteiger partial charge in [0.1, 0.15) is 0 Å². The topological polar surface area (TPSA) is 87.7 Å². The summed E-state index contributed by atoms with van der Waals surface area (Å²) in [6, 6.07) is -0.532. The molecule has 1 fully saturated rings. The monoisotopic (exact) mass is 268 g/mol. The normalized spacial score (nSPS) is 18.9. The highest BCUT2D eigenvalue weighted by molar-refractivity contribution is 5.78. The highest BCUT2D eigenvalue weighted by Crippen LogP contribution is 2.29. The van der Waals surface area contributed by atoms with E-state index in [9.17, 15) is 14.7 Å². The van der Waals surface area contributed by atoms with Gasteiger partial charge in [-0.2, -0.15) is 0 Å². The van der Waals surface area contributed by atoms with E-state index < -0.39 is 17.4 Å². The molecule has 0 aromatic rings. The Kier molecular flexibility index (Phi) is 5.64. The Morgan fingerprint density at radius 2 is 2.11 bits per heavy atom. The van der Waals surface area contributed by atoms with Crippen LogP contribution in [0.3, 0.4) is 0 Å². The number of aliphatic carboxylic acids is 1. The number of amides is 2. The fraction of sp³-hybridized carbons (Fsp3) is 0.692. The van der Waals surface area contributed by atoms with Crippen LogP contribution in [0.15, 0.2) is 0 Å². The maximum absolute atomic E-state index is 11.6. The van der Waals surface area contributed by atoms with Gasteiger partial charge in [-0.15, -0.1) is 12.3 Å². The smallest absolute Gasteiger partial charge is 0.315 e. The molecule has 0 spiro atoms. The van der Waals surface area contributed by atoms with E-state index in [-0.39, 0.29) is 12.6 Å². The number of nitrogens with one attached hydrogen (secondary N) is 2. The fourth-order valence-corrected chi connectivity index (χ4v) is 1.98. The lowest BCUT2D eigenvalue weighted by molar-refractivity contribution is -0.154. The summed E-state index contributed by atoms with van der Waals surface area (Å²) < 4.78 is 5.16. The highest BCUT2D eigenvalue weighted by atomic mass is 16.5. The van der Waals surface area contributed by atoms with E-state index in [0.717, 1.165) is 0 Å². The molecule has 6 nitrogen and oxygen atoms in total. The Bertz CT molecular complexity index is 369.